The molecule has 0 saturated carbocycles. The molecule has 0 radical (unpaired) electrons. The highest BCUT2D eigenvalue weighted by Gasteiger charge is 2.12. The van der Waals surface area contributed by atoms with Crippen molar-refractivity contribution in [1.29, 1.82) is 0 Å². The van der Waals surface area contributed by atoms with E-state index in [1.54, 1.807) is 24.3 Å². The highest BCUT2D eigenvalue weighted by atomic mass is 35.5. The van der Waals surface area contributed by atoms with Gasteiger partial charge in [-0.2, -0.15) is 0 Å². The molecule has 0 unspecified atom stereocenters. The maximum atomic E-state index is 11.3. The molecule has 1 aromatic heterocycles. The summed E-state index contributed by atoms with van der Waals surface area (Å²) in [7, 11) is 0. The molecule has 1 aromatic carbocycles. The van der Waals surface area contributed by atoms with Gasteiger partial charge in [0.1, 0.15) is 0 Å². The first-order valence-corrected chi connectivity index (χ1v) is 5.30. The fourth-order valence-electron chi connectivity index (χ4n) is 1.29. The molecule has 3 nitrogen and oxygen atoms in total. The lowest BCUT2D eigenvalue weighted by atomic mass is 10.1. The average molecular weight is 240 g/mol. The summed E-state index contributed by atoms with van der Waals surface area (Å²) < 4.78 is 1.62. The minimum absolute atomic E-state index is 0.296. The van der Waals surface area contributed by atoms with E-state index in [1.165, 1.54) is 11.3 Å². The highest BCUT2D eigenvalue weighted by Crippen LogP contribution is 2.29. The molecule has 0 fully saturated rings. The van der Waals surface area contributed by atoms with Crippen LogP contribution in [0.1, 0.15) is 10.4 Å². The van der Waals surface area contributed by atoms with E-state index in [1.807, 2.05) is 0 Å². The zero-order valence-corrected chi connectivity index (χ0v) is 9.06. The zero-order valence-electron chi connectivity index (χ0n) is 7.49. The Morgan fingerprint density at radius 3 is 2.67 bits per heavy atom. The molecule has 0 aliphatic carbocycles. The number of hydrogen-bond acceptors (Lipinski definition) is 3. The number of amides is 1. The maximum absolute atomic E-state index is 11.3. The summed E-state index contributed by atoms with van der Waals surface area (Å²) in [6.07, 6.45) is 0. The lowest BCUT2D eigenvalue weighted by molar-refractivity contribution is -0.114. The van der Waals surface area contributed by atoms with Crippen molar-refractivity contribution in [1.82, 2.24) is 0 Å². The van der Waals surface area contributed by atoms with Crippen LogP contribution >= 0.6 is 22.9 Å². The fourth-order valence-corrected chi connectivity index (χ4v) is 2.43. The van der Waals surface area contributed by atoms with Crippen molar-refractivity contribution in [2.24, 2.45) is 5.73 Å². The molecule has 2 aromatic rings. The smallest absolute Gasteiger partial charge is 0.289 e. The van der Waals surface area contributed by atoms with Crippen LogP contribution in [0, 0.1) is 0 Å². The van der Waals surface area contributed by atoms with Crippen LogP contribution in [0.2, 0.25) is 4.34 Å². The second-order valence-corrected chi connectivity index (χ2v) is 4.71. The van der Waals surface area contributed by atoms with Gasteiger partial charge in [0, 0.05) is 10.3 Å². The van der Waals surface area contributed by atoms with Crippen LogP contribution in [0.3, 0.4) is 0 Å². The number of benzene rings is 1. The van der Waals surface area contributed by atoms with Crippen LogP contribution in [0.4, 0.5) is 0 Å². The van der Waals surface area contributed by atoms with E-state index in [4.69, 9.17) is 17.3 Å². The van der Waals surface area contributed by atoms with E-state index in [2.05, 4.69) is 0 Å². The molecule has 0 saturated heterocycles. The van der Waals surface area contributed by atoms with Crippen LogP contribution < -0.4 is 5.73 Å². The van der Waals surface area contributed by atoms with Crippen molar-refractivity contribution in [2.75, 3.05) is 0 Å². The molecule has 0 aliphatic rings. The number of ketones is 1. The minimum atomic E-state index is -0.948. The van der Waals surface area contributed by atoms with Crippen molar-refractivity contribution in [3.05, 3.63) is 34.2 Å². The Hall–Kier alpha value is -1.39. The van der Waals surface area contributed by atoms with Crippen LogP contribution in [-0.4, -0.2) is 11.7 Å². The molecule has 76 valence electrons. The Bertz CT molecular complexity index is 562. The monoisotopic (exact) mass is 239 g/mol. The van der Waals surface area contributed by atoms with E-state index in [9.17, 15) is 9.59 Å². The number of fused-ring (bicyclic) bond motifs is 1. The van der Waals surface area contributed by atoms with Gasteiger partial charge in [-0.1, -0.05) is 11.6 Å². The van der Waals surface area contributed by atoms with Gasteiger partial charge in [-0.15, -0.1) is 11.3 Å². The summed E-state index contributed by atoms with van der Waals surface area (Å²) in [6.45, 7) is 0. The normalized spacial score (nSPS) is 10.5. The standard InChI is InChI=1S/C10H6ClNO2S/c11-8-4-6-3-5(9(13)10(12)14)1-2-7(6)15-8/h1-4H,(H2,12,14). The first-order valence-electron chi connectivity index (χ1n) is 4.11. The molecule has 0 spiro atoms. The van der Waals surface area contributed by atoms with Gasteiger partial charge in [0.2, 0.25) is 5.78 Å². The summed E-state index contributed by atoms with van der Waals surface area (Å²) in [5, 5.41) is 0.845. The molecule has 15 heavy (non-hydrogen) atoms. The van der Waals surface area contributed by atoms with Gasteiger partial charge in [-0.3, -0.25) is 9.59 Å². The van der Waals surface area contributed by atoms with Crippen molar-refractivity contribution >= 4 is 44.7 Å². The SMILES string of the molecule is NC(=O)C(=O)c1ccc2sc(Cl)cc2c1. The number of hydrogen-bond donors (Lipinski definition) is 1. The first-order chi connectivity index (χ1) is 7.08. The van der Waals surface area contributed by atoms with Crippen molar-refractivity contribution < 1.29 is 9.59 Å². The number of halogens is 1. The molecule has 2 N–H and O–H groups in total. The van der Waals surface area contributed by atoms with Crippen molar-refractivity contribution in [2.45, 2.75) is 0 Å². The lowest BCUT2D eigenvalue weighted by Gasteiger charge is -1.96. The summed E-state index contributed by atoms with van der Waals surface area (Å²) >= 11 is 7.24. The molecule has 0 aliphatic heterocycles. The summed E-state index contributed by atoms with van der Waals surface area (Å²) in [5.41, 5.74) is 5.20. The van der Waals surface area contributed by atoms with Gasteiger partial charge >= 0.3 is 0 Å². The van der Waals surface area contributed by atoms with E-state index in [0.29, 0.717) is 9.90 Å². The third-order valence-electron chi connectivity index (χ3n) is 1.97. The Morgan fingerprint density at radius 2 is 2.00 bits per heavy atom. The predicted molar refractivity (Wildman–Crippen MR) is 60.4 cm³/mol. The van der Waals surface area contributed by atoms with E-state index < -0.39 is 11.7 Å². The molecule has 1 heterocycles. The zero-order chi connectivity index (χ0) is 11.0. The number of Topliss-reactive ketones (excluding diaryl/α,β-unsaturated/α-hetero) is 1. The third-order valence-corrected chi connectivity index (χ3v) is 3.22. The number of rotatable bonds is 2. The lowest BCUT2D eigenvalue weighted by Crippen LogP contribution is -2.22. The average Bonchev–Trinajstić information content (AvgIpc) is 2.55. The number of carbonyl (C=O) groups excluding carboxylic acids is 2. The number of nitrogens with two attached hydrogens (primary N) is 1. The maximum Gasteiger partial charge on any atom is 0.289 e. The van der Waals surface area contributed by atoms with E-state index >= 15 is 0 Å². The summed E-state index contributed by atoms with van der Waals surface area (Å²) in [5.74, 6) is -1.63. The number of thiophene rings is 1. The number of primary amides is 1. The predicted octanol–water partition coefficient (Wildman–Crippen LogP) is 2.22. The second-order valence-electron chi connectivity index (χ2n) is 3.00. The quantitative estimate of drug-likeness (QED) is 0.645. The van der Waals surface area contributed by atoms with Gasteiger partial charge in [0.15, 0.2) is 0 Å². The molecule has 2 rings (SSSR count). The molecule has 0 bridgehead atoms. The highest BCUT2D eigenvalue weighted by molar-refractivity contribution is 7.22. The van der Waals surface area contributed by atoms with Crippen LogP contribution in [0.25, 0.3) is 10.1 Å². The van der Waals surface area contributed by atoms with Crippen LogP contribution in [0.15, 0.2) is 24.3 Å². The van der Waals surface area contributed by atoms with Gasteiger partial charge < -0.3 is 5.73 Å². The minimum Gasteiger partial charge on any atom is -0.363 e. The second kappa shape index (κ2) is 3.64. The van der Waals surface area contributed by atoms with Gasteiger partial charge in [0.05, 0.1) is 4.34 Å². The van der Waals surface area contributed by atoms with Gasteiger partial charge in [-0.25, -0.2) is 0 Å². The van der Waals surface area contributed by atoms with Crippen molar-refractivity contribution in [3.63, 3.8) is 0 Å². The van der Waals surface area contributed by atoms with Gasteiger partial charge in [-0.05, 0) is 29.7 Å². The Kier molecular flexibility index (Phi) is 2.46. The van der Waals surface area contributed by atoms with E-state index in [0.717, 1.165) is 10.1 Å². The van der Waals surface area contributed by atoms with Crippen LogP contribution in [-0.2, 0) is 4.79 Å². The molecule has 0 atom stereocenters. The molecule has 1 amide bonds. The number of carbonyl (C=O) groups is 2. The third kappa shape index (κ3) is 1.86. The van der Waals surface area contributed by atoms with Crippen LogP contribution in [0.5, 0.6) is 0 Å². The summed E-state index contributed by atoms with van der Waals surface area (Å²) in [6, 6.07) is 6.69. The molecule has 5 heteroatoms. The summed E-state index contributed by atoms with van der Waals surface area (Å²) in [4.78, 5) is 22.0. The Labute approximate surface area is 94.4 Å². The molecular weight excluding hydrogens is 234 g/mol. The molecular formula is C10H6ClNO2S. The fraction of sp³-hybridized carbons (Fsp3) is 0. The van der Waals surface area contributed by atoms with Gasteiger partial charge in [0.25, 0.3) is 5.91 Å². The largest absolute Gasteiger partial charge is 0.363 e. The Morgan fingerprint density at radius 1 is 1.27 bits per heavy atom. The van der Waals surface area contributed by atoms with Crippen molar-refractivity contribution in [3.8, 4) is 0 Å². The first kappa shape index (κ1) is 10.1. The van der Waals surface area contributed by atoms with E-state index in [-0.39, 0.29) is 0 Å². The Balaban J connectivity index is 2.55. The topological polar surface area (TPSA) is 60.2 Å².